The molecule has 3 aliphatic rings. The van der Waals surface area contributed by atoms with Crippen LogP contribution in [0.2, 0.25) is 0 Å². The average Bonchev–Trinajstić information content (AvgIpc) is 4.05. The first-order valence-electron chi connectivity index (χ1n) is 21.2. The van der Waals surface area contributed by atoms with Gasteiger partial charge in [-0.15, -0.1) is 0 Å². The van der Waals surface area contributed by atoms with E-state index in [-0.39, 0.29) is 5.41 Å². The van der Waals surface area contributed by atoms with E-state index in [0.29, 0.717) is 0 Å². The molecule has 1 spiro atoms. The predicted molar refractivity (Wildman–Crippen MR) is 250 cm³/mol. The molecule has 0 unspecified atom stereocenters. The highest BCUT2D eigenvalue weighted by Crippen LogP contribution is 2.65. The molecule has 0 amide bonds. The molecule has 60 heavy (non-hydrogen) atoms. The maximum Gasteiger partial charge on any atom is 0.0727 e. The van der Waals surface area contributed by atoms with Gasteiger partial charge in [-0.05, 0) is 92.0 Å². The van der Waals surface area contributed by atoms with Gasteiger partial charge in [-0.2, -0.15) is 0 Å². The van der Waals surface area contributed by atoms with Crippen LogP contribution in [-0.2, 0) is 10.8 Å². The molecule has 0 saturated heterocycles. The van der Waals surface area contributed by atoms with Crippen molar-refractivity contribution in [2.24, 2.45) is 0 Å². The normalized spacial score (nSPS) is 14.8. The number of benzene rings is 9. The summed E-state index contributed by atoms with van der Waals surface area (Å²) in [4.78, 5) is 2.52. The van der Waals surface area contributed by atoms with Crippen LogP contribution in [0, 0.1) is 0 Å². The molecule has 0 atom stereocenters. The molecule has 0 bridgehead atoms. The van der Waals surface area contributed by atoms with Crippen molar-refractivity contribution in [2.45, 2.75) is 24.7 Å². The van der Waals surface area contributed by atoms with Gasteiger partial charge in [0, 0.05) is 49.5 Å². The van der Waals surface area contributed by atoms with Crippen molar-refractivity contribution in [3.63, 3.8) is 0 Å². The van der Waals surface area contributed by atoms with Gasteiger partial charge in [0.05, 0.1) is 27.7 Å². The second kappa shape index (κ2) is 11.2. The minimum atomic E-state index is -0.519. The molecule has 14 rings (SSSR count). The van der Waals surface area contributed by atoms with E-state index in [9.17, 15) is 0 Å². The van der Waals surface area contributed by atoms with Gasteiger partial charge in [0.15, 0.2) is 0 Å². The number of anilines is 3. The molecule has 2 heterocycles. The highest BCUT2D eigenvalue weighted by Gasteiger charge is 2.53. The Morgan fingerprint density at radius 1 is 0.367 bits per heavy atom. The minimum Gasteiger partial charge on any atom is -0.310 e. The summed E-state index contributed by atoms with van der Waals surface area (Å²) in [5.41, 5.74) is 22.8. The van der Waals surface area contributed by atoms with Gasteiger partial charge in [-0.3, -0.25) is 0 Å². The number of aromatic nitrogens is 1. The lowest BCUT2D eigenvalue weighted by atomic mass is 9.70. The van der Waals surface area contributed by atoms with Crippen molar-refractivity contribution < 1.29 is 0 Å². The first-order valence-corrected chi connectivity index (χ1v) is 21.2. The summed E-state index contributed by atoms with van der Waals surface area (Å²) in [7, 11) is 0. The number of hydrogen-bond donors (Lipinski definition) is 0. The molecule has 2 aromatic heterocycles. The summed E-state index contributed by atoms with van der Waals surface area (Å²) in [6.07, 6.45) is 0. The molecule has 0 radical (unpaired) electrons. The van der Waals surface area contributed by atoms with Crippen LogP contribution >= 0.6 is 0 Å². The van der Waals surface area contributed by atoms with E-state index in [0.717, 1.165) is 11.4 Å². The van der Waals surface area contributed by atoms with Gasteiger partial charge in [0.1, 0.15) is 0 Å². The zero-order valence-corrected chi connectivity index (χ0v) is 33.4. The van der Waals surface area contributed by atoms with Crippen LogP contribution < -0.4 is 4.90 Å². The summed E-state index contributed by atoms with van der Waals surface area (Å²) in [5.74, 6) is 0. The Balaban J connectivity index is 1.13. The van der Waals surface area contributed by atoms with Gasteiger partial charge in [0.2, 0.25) is 0 Å². The molecule has 2 nitrogen and oxygen atoms in total. The van der Waals surface area contributed by atoms with E-state index in [2.05, 4.69) is 217 Å². The first-order chi connectivity index (χ1) is 29.6. The van der Waals surface area contributed by atoms with Crippen LogP contribution in [0.5, 0.6) is 0 Å². The van der Waals surface area contributed by atoms with E-state index in [4.69, 9.17) is 0 Å². The van der Waals surface area contributed by atoms with Crippen molar-refractivity contribution in [2.75, 3.05) is 4.90 Å². The summed E-state index contributed by atoms with van der Waals surface area (Å²) in [6.45, 7) is 4.75. The van der Waals surface area contributed by atoms with Gasteiger partial charge in [-0.25, -0.2) is 0 Å². The molecule has 280 valence electrons. The van der Waals surface area contributed by atoms with Crippen molar-refractivity contribution in [3.8, 4) is 33.4 Å². The van der Waals surface area contributed by atoms with E-state index in [1.807, 2.05) is 0 Å². The third-order valence-electron chi connectivity index (χ3n) is 14.5. The topological polar surface area (TPSA) is 7.65 Å². The number of rotatable bonds is 3. The Labute approximate surface area is 348 Å². The average molecular weight is 763 g/mol. The maximum absolute atomic E-state index is 2.58. The fourth-order valence-corrected chi connectivity index (χ4v) is 12.2. The third-order valence-corrected chi connectivity index (χ3v) is 14.5. The molecule has 0 N–H and O–H groups in total. The molecule has 0 saturated carbocycles. The van der Waals surface area contributed by atoms with E-state index >= 15 is 0 Å². The number of para-hydroxylation sites is 3. The predicted octanol–water partition coefficient (Wildman–Crippen LogP) is 15.0. The minimum absolute atomic E-state index is 0.114. The Morgan fingerprint density at radius 2 is 0.950 bits per heavy atom. The zero-order valence-electron chi connectivity index (χ0n) is 33.4. The van der Waals surface area contributed by atoms with Gasteiger partial charge >= 0.3 is 0 Å². The van der Waals surface area contributed by atoms with Crippen LogP contribution in [0.3, 0.4) is 0 Å². The second-order valence-corrected chi connectivity index (χ2v) is 17.6. The molecule has 9 aromatic carbocycles. The van der Waals surface area contributed by atoms with Gasteiger partial charge < -0.3 is 9.30 Å². The highest BCUT2D eigenvalue weighted by molar-refractivity contribution is 6.26. The monoisotopic (exact) mass is 762 g/mol. The van der Waals surface area contributed by atoms with Crippen molar-refractivity contribution in [3.05, 3.63) is 228 Å². The molecular formula is C58H38N2. The standard InChI is InChI=1S/C58H38N2/c1-57(2)45-24-10-8-21-43(45)53-48(57)27-15-29-52(53)59(35-16-4-3-5-17-35)36-30-31-44-50(34-36)58(46-25-11-6-18-37(46)38-19-7-12-26-47(38)58)49-33-32-42-41-23-14-22-40-39-20-9-13-28-51(39)60(55(40)41)56(42)54(44)49/h3-34H,1-2H3. The largest absolute Gasteiger partial charge is 0.310 e. The second-order valence-electron chi connectivity index (χ2n) is 17.6. The third kappa shape index (κ3) is 3.73. The van der Waals surface area contributed by atoms with Crippen LogP contribution in [-0.4, -0.2) is 4.40 Å². The molecule has 2 heteroatoms. The Morgan fingerprint density at radius 3 is 1.73 bits per heavy atom. The fourth-order valence-electron chi connectivity index (χ4n) is 12.2. The smallest absolute Gasteiger partial charge is 0.0727 e. The molecule has 0 fully saturated rings. The van der Waals surface area contributed by atoms with Crippen molar-refractivity contribution in [1.29, 1.82) is 0 Å². The lowest BCUT2D eigenvalue weighted by Crippen LogP contribution is -2.26. The number of fused-ring (bicyclic) bond motifs is 20. The summed E-state index contributed by atoms with van der Waals surface area (Å²) < 4.78 is 2.58. The molecule has 11 aromatic rings. The van der Waals surface area contributed by atoms with Crippen LogP contribution in [0.4, 0.5) is 17.1 Å². The first kappa shape index (κ1) is 32.5. The molecule has 3 aliphatic carbocycles. The molecular weight excluding hydrogens is 725 g/mol. The summed E-state index contributed by atoms with van der Waals surface area (Å²) in [5, 5.41) is 5.23. The number of nitrogens with zero attached hydrogens (tertiary/aromatic N) is 2. The Bertz CT molecular complexity index is 3600. The van der Waals surface area contributed by atoms with Crippen molar-refractivity contribution >= 4 is 55.2 Å². The number of hydrogen-bond acceptors (Lipinski definition) is 1. The van der Waals surface area contributed by atoms with Crippen LogP contribution in [0.25, 0.3) is 71.5 Å². The van der Waals surface area contributed by atoms with Crippen LogP contribution in [0.15, 0.2) is 194 Å². The van der Waals surface area contributed by atoms with E-state index in [1.165, 1.54) is 111 Å². The Kier molecular flexibility index (Phi) is 6.07. The fraction of sp³-hybridized carbons (Fsp3) is 0.0690. The van der Waals surface area contributed by atoms with Gasteiger partial charge in [-0.1, -0.05) is 172 Å². The quantitative estimate of drug-likeness (QED) is 0.174. The maximum atomic E-state index is 2.58. The van der Waals surface area contributed by atoms with Gasteiger partial charge in [0.25, 0.3) is 0 Å². The van der Waals surface area contributed by atoms with E-state index in [1.54, 1.807) is 0 Å². The molecule has 0 aliphatic heterocycles. The lowest BCUT2D eigenvalue weighted by Gasteiger charge is -2.33. The summed E-state index contributed by atoms with van der Waals surface area (Å²) >= 11 is 0. The zero-order chi connectivity index (χ0) is 39.5. The van der Waals surface area contributed by atoms with Crippen molar-refractivity contribution in [1.82, 2.24) is 4.40 Å². The highest BCUT2D eigenvalue weighted by atomic mass is 15.1. The van der Waals surface area contributed by atoms with E-state index < -0.39 is 5.41 Å². The summed E-state index contributed by atoms with van der Waals surface area (Å²) in [6, 6.07) is 73.3. The SMILES string of the molecule is CC1(C)c2ccccc2-c2c(N(c3ccccc3)c3ccc4c(c3)C3(c5ccccc5-c5ccccc53)c3ccc5c6cccc7c8ccccc8n(c5c3-4)c76)cccc21. The van der Waals surface area contributed by atoms with Crippen LogP contribution in [0.1, 0.15) is 47.2 Å². The lowest BCUT2D eigenvalue weighted by molar-refractivity contribution is 0.660. The Hall–Kier alpha value is -7.42.